The highest BCUT2D eigenvalue weighted by atomic mass is 16.7. The van der Waals surface area contributed by atoms with Crippen molar-refractivity contribution in [1.82, 2.24) is 0 Å². The van der Waals surface area contributed by atoms with Crippen LogP contribution in [0.1, 0.15) is 40.5 Å². The molecule has 0 bridgehead atoms. The van der Waals surface area contributed by atoms with Crippen molar-refractivity contribution in [1.29, 1.82) is 0 Å². The second kappa shape index (κ2) is 6.68. The lowest BCUT2D eigenvalue weighted by atomic mass is 9.86. The minimum Gasteiger partial charge on any atom is -0.389 e. The molecule has 0 spiro atoms. The lowest BCUT2D eigenvalue weighted by Gasteiger charge is -2.46. The van der Waals surface area contributed by atoms with Gasteiger partial charge in [-0.1, -0.05) is 6.92 Å². The molecule has 7 heteroatoms. The molecule has 2 fully saturated rings. The smallest absolute Gasteiger partial charge is 0.160 e. The third-order valence-corrected chi connectivity index (χ3v) is 4.72. The highest BCUT2D eigenvalue weighted by Crippen LogP contribution is 2.32. The number of aliphatic hydroxyl groups excluding tert-OH is 3. The van der Waals surface area contributed by atoms with Gasteiger partial charge in [-0.05, 0) is 27.2 Å². The molecule has 0 aromatic carbocycles. The van der Waals surface area contributed by atoms with E-state index in [0.29, 0.717) is 12.8 Å². The maximum atomic E-state index is 10.3. The molecule has 0 saturated carbocycles. The molecular weight excluding hydrogens is 290 g/mol. The Kier molecular flexibility index (Phi) is 5.49. The highest BCUT2D eigenvalue weighted by Gasteiger charge is 2.47. The molecule has 2 heterocycles. The number of ether oxygens (including phenoxy) is 3. The van der Waals surface area contributed by atoms with Crippen molar-refractivity contribution >= 4 is 0 Å². The molecule has 22 heavy (non-hydrogen) atoms. The zero-order chi connectivity index (χ0) is 16.7. The van der Waals surface area contributed by atoms with Crippen LogP contribution in [0.25, 0.3) is 0 Å². The van der Waals surface area contributed by atoms with E-state index in [0.717, 1.165) is 0 Å². The summed E-state index contributed by atoms with van der Waals surface area (Å²) >= 11 is 0. The average Bonchev–Trinajstić information content (AvgIpc) is 2.44. The Bertz CT molecular complexity index is 379. The van der Waals surface area contributed by atoms with Crippen LogP contribution in [-0.2, 0) is 14.2 Å². The van der Waals surface area contributed by atoms with Crippen LogP contribution in [0.3, 0.4) is 0 Å². The van der Waals surface area contributed by atoms with Gasteiger partial charge in [-0.15, -0.1) is 0 Å². The van der Waals surface area contributed by atoms with Crippen molar-refractivity contribution < 1.29 is 29.5 Å². The zero-order valence-electron chi connectivity index (χ0n) is 13.7. The molecule has 0 radical (unpaired) electrons. The predicted molar refractivity (Wildman–Crippen MR) is 79.1 cm³/mol. The van der Waals surface area contributed by atoms with E-state index in [4.69, 9.17) is 19.9 Å². The summed E-state index contributed by atoms with van der Waals surface area (Å²) in [4.78, 5) is 0. The fourth-order valence-corrected chi connectivity index (χ4v) is 3.29. The molecular formula is C15H29NO6. The number of aliphatic hydroxyl groups is 3. The molecule has 5 unspecified atom stereocenters. The first-order chi connectivity index (χ1) is 10.2. The molecule has 2 aliphatic rings. The van der Waals surface area contributed by atoms with Gasteiger partial charge < -0.3 is 35.3 Å². The number of rotatable bonds is 3. The molecule has 7 nitrogen and oxygen atoms in total. The van der Waals surface area contributed by atoms with Crippen LogP contribution in [0.4, 0.5) is 0 Å². The van der Waals surface area contributed by atoms with Crippen LogP contribution in [0.2, 0.25) is 0 Å². The van der Waals surface area contributed by atoms with Crippen LogP contribution in [0.15, 0.2) is 0 Å². The van der Waals surface area contributed by atoms with Crippen LogP contribution < -0.4 is 5.73 Å². The molecule has 2 saturated heterocycles. The quantitative estimate of drug-likeness (QED) is 0.554. The molecule has 0 aromatic rings. The van der Waals surface area contributed by atoms with Gasteiger partial charge in [-0.3, -0.25) is 0 Å². The fraction of sp³-hybridized carbons (Fsp3) is 1.00. The van der Waals surface area contributed by atoms with Gasteiger partial charge in [0.2, 0.25) is 0 Å². The van der Waals surface area contributed by atoms with Crippen LogP contribution in [0.5, 0.6) is 0 Å². The third-order valence-electron chi connectivity index (χ3n) is 4.72. The maximum absolute atomic E-state index is 10.3. The van der Waals surface area contributed by atoms with Gasteiger partial charge in [0.25, 0.3) is 0 Å². The van der Waals surface area contributed by atoms with Crippen molar-refractivity contribution in [3.05, 3.63) is 0 Å². The van der Waals surface area contributed by atoms with Gasteiger partial charge in [0.05, 0.1) is 24.4 Å². The van der Waals surface area contributed by atoms with Gasteiger partial charge in [0.1, 0.15) is 18.3 Å². The van der Waals surface area contributed by atoms with Crippen molar-refractivity contribution in [2.24, 2.45) is 5.73 Å². The van der Waals surface area contributed by atoms with Crippen molar-refractivity contribution in [3.8, 4) is 0 Å². The third kappa shape index (κ3) is 3.46. The first-order valence-corrected chi connectivity index (χ1v) is 7.96. The van der Waals surface area contributed by atoms with E-state index in [9.17, 15) is 15.3 Å². The summed E-state index contributed by atoms with van der Waals surface area (Å²) in [6, 6.07) is 0. The molecule has 2 aliphatic heterocycles. The second-order valence-electron chi connectivity index (χ2n) is 6.80. The number of hydrogen-bond acceptors (Lipinski definition) is 7. The van der Waals surface area contributed by atoms with E-state index in [2.05, 4.69) is 0 Å². The Morgan fingerprint density at radius 3 is 2.32 bits per heavy atom. The summed E-state index contributed by atoms with van der Waals surface area (Å²) in [7, 11) is 0. The summed E-state index contributed by atoms with van der Waals surface area (Å²) in [5.41, 5.74) is 5.26. The standard InChI is InChI=1S/C15H29NO6/c1-5-9-11(17)12(18)13(7(2)20-9)22-10-6-15(4,16)14(19)8(3)21-10/h7-14,17-19H,5-6,16H2,1-4H3/t7?,8?,9?,10-,11?,12-,13+,14+,15?/m0/s1. The van der Waals surface area contributed by atoms with E-state index >= 15 is 0 Å². The molecule has 5 N–H and O–H groups in total. The first-order valence-electron chi connectivity index (χ1n) is 7.96. The van der Waals surface area contributed by atoms with Crippen LogP contribution in [-0.4, -0.2) is 69.9 Å². The van der Waals surface area contributed by atoms with Crippen molar-refractivity contribution in [3.63, 3.8) is 0 Å². The second-order valence-corrected chi connectivity index (χ2v) is 6.80. The summed E-state index contributed by atoms with van der Waals surface area (Å²) in [6.45, 7) is 7.16. The van der Waals surface area contributed by atoms with Crippen LogP contribution in [0, 0.1) is 0 Å². The van der Waals surface area contributed by atoms with Crippen molar-refractivity contribution in [2.75, 3.05) is 0 Å². The highest BCUT2D eigenvalue weighted by molar-refractivity contribution is 4.96. The number of nitrogens with two attached hydrogens (primary N) is 1. The largest absolute Gasteiger partial charge is 0.389 e. The van der Waals surface area contributed by atoms with Gasteiger partial charge in [0.15, 0.2) is 6.29 Å². The zero-order valence-corrected chi connectivity index (χ0v) is 13.7. The normalized spacial score (nSPS) is 53.5. The Labute approximate surface area is 131 Å². The minimum atomic E-state index is -1.05. The van der Waals surface area contributed by atoms with E-state index in [-0.39, 0.29) is 6.10 Å². The van der Waals surface area contributed by atoms with Gasteiger partial charge in [0, 0.05) is 12.0 Å². The Morgan fingerprint density at radius 1 is 1.14 bits per heavy atom. The fourth-order valence-electron chi connectivity index (χ4n) is 3.29. The SMILES string of the molecule is CCC1OC(C)[C@@H](O[C@H]2CC(C)(N)[C@H](O)C(C)O2)[C@@H](O)C1O. The lowest BCUT2D eigenvalue weighted by molar-refractivity contribution is -0.303. The molecule has 2 rings (SSSR count). The summed E-state index contributed by atoms with van der Waals surface area (Å²) < 4.78 is 17.1. The average molecular weight is 319 g/mol. The molecule has 9 atom stereocenters. The van der Waals surface area contributed by atoms with Crippen molar-refractivity contribution in [2.45, 2.75) is 95.1 Å². The lowest BCUT2D eigenvalue weighted by Crippen LogP contribution is -2.63. The van der Waals surface area contributed by atoms with Crippen LogP contribution >= 0.6 is 0 Å². The minimum absolute atomic E-state index is 0.293. The first kappa shape index (κ1) is 18.1. The monoisotopic (exact) mass is 319 g/mol. The van der Waals surface area contributed by atoms with E-state index in [1.165, 1.54) is 0 Å². The molecule has 0 amide bonds. The Morgan fingerprint density at radius 2 is 1.77 bits per heavy atom. The predicted octanol–water partition coefficient (Wildman–Crippen LogP) is -0.496. The topological polar surface area (TPSA) is 114 Å². The Balaban J connectivity index is 2.04. The molecule has 130 valence electrons. The summed E-state index contributed by atoms with van der Waals surface area (Å²) in [6.07, 6.45) is -4.56. The maximum Gasteiger partial charge on any atom is 0.160 e. The van der Waals surface area contributed by atoms with E-state index < -0.39 is 48.5 Å². The van der Waals surface area contributed by atoms with E-state index in [1.807, 2.05) is 6.92 Å². The molecule has 0 aromatic heterocycles. The molecule has 0 aliphatic carbocycles. The number of hydrogen-bond donors (Lipinski definition) is 4. The van der Waals surface area contributed by atoms with Gasteiger partial charge >= 0.3 is 0 Å². The Hall–Kier alpha value is -0.280. The van der Waals surface area contributed by atoms with Gasteiger partial charge in [-0.2, -0.15) is 0 Å². The van der Waals surface area contributed by atoms with Gasteiger partial charge in [-0.25, -0.2) is 0 Å². The summed E-state index contributed by atoms with van der Waals surface area (Å²) in [5.74, 6) is 0. The van der Waals surface area contributed by atoms with E-state index in [1.54, 1.807) is 20.8 Å². The summed E-state index contributed by atoms with van der Waals surface area (Å²) in [5, 5.41) is 30.4.